The number of nitrogens with zero attached hydrogens (tertiary/aromatic N) is 4. The number of fused-ring (bicyclic) bond motifs is 2. The number of para-hydroxylation sites is 1. The number of esters is 1. The van der Waals surface area contributed by atoms with Crippen LogP contribution in [0.4, 0.5) is 0 Å². The zero-order chi connectivity index (χ0) is 23.8. The lowest BCUT2D eigenvalue weighted by molar-refractivity contribution is -0.139. The molecular formula is C25H20N4O3S2. The van der Waals surface area contributed by atoms with Crippen molar-refractivity contribution in [3.8, 4) is 6.07 Å². The first-order valence-electron chi connectivity index (χ1n) is 10.7. The van der Waals surface area contributed by atoms with E-state index < -0.39 is 12.0 Å². The van der Waals surface area contributed by atoms with Gasteiger partial charge in [0.05, 0.1) is 28.5 Å². The van der Waals surface area contributed by atoms with Crippen molar-refractivity contribution in [3.05, 3.63) is 89.4 Å². The molecule has 0 amide bonds. The Bertz CT molecular complexity index is 1660. The Balaban J connectivity index is 1.73. The number of carbonyl (C=O) groups is 1. The van der Waals surface area contributed by atoms with Crippen molar-refractivity contribution in [1.29, 1.82) is 5.26 Å². The van der Waals surface area contributed by atoms with Crippen LogP contribution in [0.3, 0.4) is 0 Å². The van der Waals surface area contributed by atoms with Gasteiger partial charge >= 0.3 is 5.97 Å². The number of ether oxygens (including phenoxy) is 1. The molecule has 0 saturated heterocycles. The summed E-state index contributed by atoms with van der Waals surface area (Å²) in [6.07, 6.45) is 3.73. The monoisotopic (exact) mass is 488 g/mol. The molecule has 1 unspecified atom stereocenters. The van der Waals surface area contributed by atoms with Crippen LogP contribution < -0.4 is 14.9 Å². The van der Waals surface area contributed by atoms with Gasteiger partial charge in [-0.05, 0) is 37.4 Å². The van der Waals surface area contributed by atoms with Crippen LogP contribution in [-0.2, 0) is 16.1 Å². The molecule has 1 atom stereocenters. The lowest BCUT2D eigenvalue weighted by atomic mass is 10.0. The Labute approximate surface area is 202 Å². The standard InChI is InChI=1S/C25H20N4O3S2/c1-3-32-24(31)21-15(2)27-25-29(22(21)19-9-6-12-33-19)23(30)20(34-25)13-16-14-28(11-10-26)18-8-5-4-7-17(16)18/h4-9,12-14,22H,3,11H2,1-2H3/b20-13-. The molecule has 1 aliphatic heterocycles. The second kappa shape index (κ2) is 8.89. The van der Waals surface area contributed by atoms with E-state index in [4.69, 9.17) is 4.74 Å². The number of aromatic nitrogens is 2. The second-order valence-corrected chi connectivity index (χ2v) is 9.69. The van der Waals surface area contributed by atoms with E-state index in [9.17, 15) is 14.9 Å². The van der Waals surface area contributed by atoms with Crippen LogP contribution in [0.1, 0.15) is 30.3 Å². The number of hydrogen-bond acceptors (Lipinski definition) is 7. The molecule has 1 aromatic carbocycles. The fraction of sp³-hybridized carbons (Fsp3) is 0.200. The Morgan fingerprint density at radius 3 is 2.85 bits per heavy atom. The van der Waals surface area contributed by atoms with Crippen LogP contribution in [0.5, 0.6) is 0 Å². The predicted octanol–water partition coefficient (Wildman–Crippen LogP) is 3.34. The molecule has 0 spiro atoms. The van der Waals surface area contributed by atoms with Gasteiger partial charge in [-0.2, -0.15) is 5.26 Å². The third-order valence-electron chi connectivity index (χ3n) is 5.68. The van der Waals surface area contributed by atoms with Crippen LogP contribution in [0.15, 0.2) is 69.0 Å². The molecule has 170 valence electrons. The molecule has 4 heterocycles. The molecule has 9 heteroatoms. The fourth-order valence-corrected chi connectivity index (χ4v) is 6.11. The van der Waals surface area contributed by atoms with E-state index in [2.05, 4.69) is 11.1 Å². The summed E-state index contributed by atoms with van der Waals surface area (Å²) in [5.41, 5.74) is 2.50. The van der Waals surface area contributed by atoms with Gasteiger partial charge in [0.1, 0.15) is 12.6 Å². The van der Waals surface area contributed by atoms with E-state index in [1.165, 1.54) is 22.7 Å². The molecule has 3 aromatic heterocycles. The average Bonchev–Trinajstić information content (AvgIpc) is 3.54. The van der Waals surface area contributed by atoms with Gasteiger partial charge in [0.15, 0.2) is 4.80 Å². The summed E-state index contributed by atoms with van der Waals surface area (Å²) < 4.78 is 9.29. The van der Waals surface area contributed by atoms with Crippen molar-refractivity contribution in [2.24, 2.45) is 4.99 Å². The quantitative estimate of drug-likeness (QED) is 0.403. The van der Waals surface area contributed by atoms with E-state index in [0.717, 1.165) is 21.3 Å². The first-order chi connectivity index (χ1) is 16.5. The highest BCUT2D eigenvalue weighted by molar-refractivity contribution is 7.10. The van der Waals surface area contributed by atoms with Crippen molar-refractivity contribution in [3.63, 3.8) is 0 Å². The molecule has 0 radical (unpaired) electrons. The van der Waals surface area contributed by atoms with Crippen molar-refractivity contribution in [1.82, 2.24) is 9.13 Å². The van der Waals surface area contributed by atoms with E-state index >= 15 is 0 Å². The molecule has 0 N–H and O–H groups in total. The van der Waals surface area contributed by atoms with Crippen LogP contribution in [0.2, 0.25) is 0 Å². The highest BCUT2D eigenvalue weighted by Gasteiger charge is 2.33. The maximum absolute atomic E-state index is 13.7. The minimum Gasteiger partial charge on any atom is -0.463 e. The second-order valence-electron chi connectivity index (χ2n) is 7.71. The maximum atomic E-state index is 13.7. The number of allylic oxidation sites excluding steroid dienone is 1. The van der Waals surface area contributed by atoms with Crippen molar-refractivity contribution in [2.45, 2.75) is 26.4 Å². The lowest BCUT2D eigenvalue weighted by Crippen LogP contribution is -2.39. The number of rotatable bonds is 5. The minimum absolute atomic E-state index is 0.214. The molecule has 5 rings (SSSR count). The molecule has 0 bridgehead atoms. The van der Waals surface area contributed by atoms with Gasteiger partial charge in [-0.1, -0.05) is 35.6 Å². The van der Waals surface area contributed by atoms with Crippen LogP contribution in [-0.4, -0.2) is 21.7 Å². The first-order valence-corrected chi connectivity index (χ1v) is 12.4. The number of nitriles is 1. The average molecular weight is 489 g/mol. The normalized spacial score (nSPS) is 15.8. The molecule has 0 saturated carbocycles. The number of thiophene rings is 1. The zero-order valence-corrected chi connectivity index (χ0v) is 20.2. The van der Waals surface area contributed by atoms with Crippen molar-refractivity contribution < 1.29 is 9.53 Å². The van der Waals surface area contributed by atoms with Crippen LogP contribution >= 0.6 is 22.7 Å². The van der Waals surface area contributed by atoms with Gasteiger partial charge in [-0.3, -0.25) is 9.36 Å². The van der Waals surface area contributed by atoms with Crippen LogP contribution in [0.25, 0.3) is 17.0 Å². The fourth-order valence-electron chi connectivity index (χ4n) is 4.25. The highest BCUT2D eigenvalue weighted by Crippen LogP contribution is 2.33. The third-order valence-corrected chi connectivity index (χ3v) is 7.58. The van der Waals surface area contributed by atoms with Gasteiger partial charge in [0.25, 0.3) is 5.56 Å². The van der Waals surface area contributed by atoms with E-state index in [1.54, 1.807) is 18.4 Å². The SMILES string of the molecule is CCOC(=O)C1=C(C)N=c2s/c(=C\c3cn(CC#N)c4ccccc34)c(=O)n2C1c1cccs1. The zero-order valence-electron chi connectivity index (χ0n) is 18.5. The largest absolute Gasteiger partial charge is 0.463 e. The number of benzene rings is 1. The Morgan fingerprint density at radius 1 is 1.29 bits per heavy atom. The maximum Gasteiger partial charge on any atom is 0.338 e. The Morgan fingerprint density at radius 2 is 2.12 bits per heavy atom. The third kappa shape index (κ3) is 3.61. The summed E-state index contributed by atoms with van der Waals surface area (Å²) in [6.45, 7) is 3.99. The summed E-state index contributed by atoms with van der Waals surface area (Å²) in [5, 5.41) is 12.1. The molecule has 34 heavy (non-hydrogen) atoms. The summed E-state index contributed by atoms with van der Waals surface area (Å²) in [5.74, 6) is -0.462. The number of carbonyl (C=O) groups excluding carboxylic acids is 1. The number of hydrogen-bond donors (Lipinski definition) is 0. The predicted molar refractivity (Wildman–Crippen MR) is 132 cm³/mol. The molecule has 7 nitrogen and oxygen atoms in total. The topological polar surface area (TPSA) is 89.4 Å². The first kappa shape index (κ1) is 22.1. The number of thiazole rings is 1. The van der Waals surface area contributed by atoms with Crippen molar-refractivity contribution >= 4 is 45.6 Å². The van der Waals surface area contributed by atoms with Gasteiger partial charge in [0.2, 0.25) is 0 Å². The Hall–Kier alpha value is -3.74. The minimum atomic E-state index is -0.586. The van der Waals surface area contributed by atoms with Gasteiger partial charge in [-0.15, -0.1) is 11.3 Å². The Kier molecular flexibility index (Phi) is 5.77. The lowest BCUT2D eigenvalue weighted by Gasteiger charge is -2.23. The van der Waals surface area contributed by atoms with Gasteiger partial charge in [-0.25, -0.2) is 9.79 Å². The van der Waals surface area contributed by atoms with Crippen LogP contribution in [0, 0.1) is 11.3 Å². The van der Waals surface area contributed by atoms with Gasteiger partial charge < -0.3 is 9.30 Å². The molecule has 1 aliphatic rings. The molecular weight excluding hydrogens is 468 g/mol. The summed E-state index contributed by atoms with van der Waals surface area (Å²) in [7, 11) is 0. The van der Waals surface area contributed by atoms with E-state index in [0.29, 0.717) is 20.6 Å². The summed E-state index contributed by atoms with van der Waals surface area (Å²) in [4.78, 5) is 32.6. The smallest absolute Gasteiger partial charge is 0.338 e. The van der Waals surface area contributed by atoms with Crippen molar-refractivity contribution in [2.75, 3.05) is 6.61 Å². The van der Waals surface area contributed by atoms with E-state index in [-0.39, 0.29) is 18.7 Å². The summed E-state index contributed by atoms with van der Waals surface area (Å²) in [6, 6.07) is 13.2. The highest BCUT2D eigenvalue weighted by atomic mass is 32.1. The molecule has 0 fully saturated rings. The molecule has 0 aliphatic carbocycles. The summed E-state index contributed by atoms with van der Waals surface area (Å²) >= 11 is 2.78. The molecule has 4 aromatic rings. The van der Waals surface area contributed by atoms with E-state index in [1.807, 2.05) is 58.6 Å². The van der Waals surface area contributed by atoms with Gasteiger partial charge in [0, 0.05) is 27.5 Å².